The van der Waals surface area contributed by atoms with E-state index >= 15 is 0 Å². The lowest BCUT2D eigenvalue weighted by molar-refractivity contribution is -0.123. The highest BCUT2D eigenvalue weighted by Crippen LogP contribution is 2.52. The number of nitrogens with one attached hydrogen (secondary N) is 1. The van der Waals surface area contributed by atoms with Crippen LogP contribution in [-0.4, -0.2) is 17.5 Å². The number of ether oxygens (including phenoxy) is 1. The Kier molecular flexibility index (Phi) is 2.68. The van der Waals surface area contributed by atoms with E-state index in [1.807, 2.05) is 26.8 Å². The number of carbonyl (C=O) groups is 2. The van der Waals surface area contributed by atoms with Crippen molar-refractivity contribution in [3.63, 3.8) is 0 Å². The molecule has 3 rings (SSSR count). The first-order valence-corrected chi connectivity index (χ1v) is 7.02. The normalized spacial score (nSPS) is 19.2. The first-order valence-electron chi connectivity index (χ1n) is 7.02. The van der Waals surface area contributed by atoms with Gasteiger partial charge in [0.25, 0.3) is 0 Å². The Morgan fingerprint density at radius 3 is 2.55 bits per heavy atom. The van der Waals surface area contributed by atoms with Crippen molar-refractivity contribution in [3.05, 3.63) is 29.3 Å². The molecule has 0 saturated heterocycles. The highest BCUT2D eigenvalue weighted by molar-refractivity contribution is 6.10. The van der Waals surface area contributed by atoms with E-state index in [-0.39, 0.29) is 11.9 Å². The second kappa shape index (κ2) is 4.08. The maximum Gasteiger partial charge on any atom is 0.339 e. The average molecular weight is 273 g/mol. The predicted molar refractivity (Wildman–Crippen MR) is 75.8 cm³/mol. The number of carbonyl (C=O) groups excluding carboxylic acids is 2. The second-order valence-corrected chi connectivity index (χ2v) is 6.62. The third-order valence-corrected chi connectivity index (χ3v) is 4.05. The van der Waals surface area contributed by atoms with E-state index in [2.05, 4.69) is 5.32 Å². The van der Waals surface area contributed by atoms with Gasteiger partial charge in [0, 0.05) is 11.3 Å². The number of esters is 1. The first kappa shape index (κ1) is 13.2. The molecule has 1 spiro atoms. The molecule has 4 nitrogen and oxygen atoms in total. The number of hydrogen-bond donors (Lipinski definition) is 1. The molecule has 1 aromatic carbocycles. The van der Waals surface area contributed by atoms with Crippen LogP contribution in [0.4, 0.5) is 5.69 Å². The molecule has 0 bridgehead atoms. The lowest BCUT2D eigenvalue weighted by Gasteiger charge is -2.37. The van der Waals surface area contributed by atoms with Gasteiger partial charge in [0.2, 0.25) is 5.91 Å². The fraction of sp³-hybridized carbons (Fsp3) is 0.500. The molecule has 1 aliphatic heterocycles. The third kappa shape index (κ3) is 1.82. The standard InChI is InChI=1S/C16H19NO3/c1-15(2,3)20-13(18)10-6-4-7-11-12(10)16(8-5-9-16)14(19)17-11/h4,6-7H,5,8-9H2,1-3H3,(H,17,19). The number of fused-ring (bicyclic) bond motifs is 2. The SMILES string of the molecule is CC(C)(C)OC(=O)c1cccc2c1C1(CCC1)C(=O)N2. The van der Waals surface area contributed by atoms with E-state index in [9.17, 15) is 9.59 Å². The molecule has 1 amide bonds. The lowest BCUT2D eigenvalue weighted by atomic mass is 9.64. The largest absolute Gasteiger partial charge is 0.456 e. The Morgan fingerprint density at radius 1 is 1.30 bits per heavy atom. The van der Waals surface area contributed by atoms with E-state index in [0.717, 1.165) is 30.5 Å². The van der Waals surface area contributed by atoms with Gasteiger partial charge in [0.1, 0.15) is 5.60 Å². The van der Waals surface area contributed by atoms with E-state index < -0.39 is 11.0 Å². The molecule has 1 aromatic rings. The fourth-order valence-electron chi connectivity index (χ4n) is 3.04. The van der Waals surface area contributed by atoms with Gasteiger partial charge in [-0.05, 0) is 45.7 Å². The molecular formula is C16H19NO3. The van der Waals surface area contributed by atoms with Crippen molar-refractivity contribution in [1.82, 2.24) is 0 Å². The summed E-state index contributed by atoms with van der Waals surface area (Å²) in [5.41, 5.74) is 1.09. The van der Waals surface area contributed by atoms with Gasteiger partial charge in [0.15, 0.2) is 0 Å². The van der Waals surface area contributed by atoms with Crippen molar-refractivity contribution in [2.75, 3.05) is 5.32 Å². The molecule has 1 heterocycles. The van der Waals surface area contributed by atoms with Crippen molar-refractivity contribution in [2.45, 2.75) is 51.0 Å². The average Bonchev–Trinajstić information content (AvgIpc) is 2.57. The van der Waals surface area contributed by atoms with Crippen LogP contribution in [0.25, 0.3) is 0 Å². The topological polar surface area (TPSA) is 55.4 Å². The maximum atomic E-state index is 12.4. The van der Waals surface area contributed by atoms with Gasteiger partial charge in [0.05, 0.1) is 11.0 Å². The molecule has 1 aliphatic carbocycles. The molecule has 106 valence electrons. The minimum absolute atomic E-state index is 0.0229. The summed E-state index contributed by atoms with van der Waals surface area (Å²) in [5, 5.41) is 2.90. The van der Waals surface area contributed by atoms with Crippen LogP contribution < -0.4 is 5.32 Å². The molecule has 0 unspecified atom stereocenters. The van der Waals surface area contributed by atoms with Crippen LogP contribution in [0, 0.1) is 0 Å². The number of rotatable bonds is 1. The van der Waals surface area contributed by atoms with Crippen LogP contribution in [0.15, 0.2) is 18.2 Å². The highest BCUT2D eigenvalue weighted by atomic mass is 16.6. The van der Waals surface area contributed by atoms with Crippen molar-refractivity contribution in [3.8, 4) is 0 Å². The number of amides is 1. The van der Waals surface area contributed by atoms with Crippen LogP contribution in [-0.2, 0) is 14.9 Å². The zero-order valence-corrected chi connectivity index (χ0v) is 12.1. The maximum absolute atomic E-state index is 12.4. The summed E-state index contributed by atoms with van der Waals surface area (Å²) in [7, 11) is 0. The summed E-state index contributed by atoms with van der Waals surface area (Å²) < 4.78 is 5.47. The monoisotopic (exact) mass is 273 g/mol. The zero-order chi connectivity index (χ0) is 14.5. The van der Waals surface area contributed by atoms with E-state index in [1.165, 1.54) is 0 Å². The number of anilines is 1. The van der Waals surface area contributed by atoms with Gasteiger partial charge in [-0.25, -0.2) is 4.79 Å². The van der Waals surface area contributed by atoms with E-state index in [4.69, 9.17) is 4.74 Å². The van der Waals surface area contributed by atoms with Crippen LogP contribution in [0.3, 0.4) is 0 Å². The summed E-state index contributed by atoms with van der Waals surface area (Å²) in [6.07, 6.45) is 2.65. The summed E-state index contributed by atoms with van der Waals surface area (Å²) in [6.45, 7) is 5.53. The van der Waals surface area contributed by atoms with Gasteiger partial charge < -0.3 is 10.1 Å². The van der Waals surface area contributed by atoms with Crippen LogP contribution in [0.1, 0.15) is 56.0 Å². The van der Waals surface area contributed by atoms with Gasteiger partial charge in [-0.15, -0.1) is 0 Å². The molecule has 0 atom stereocenters. The van der Waals surface area contributed by atoms with Gasteiger partial charge in [-0.1, -0.05) is 12.5 Å². The van der Waals surface area contributed by atoms with Crippen molar-refractivity contribution >= 4 is 17.6 Å². The van der Waals surface area contributed by atoms with Crippen LogP contribution >= 0.6 is 0 Å². The minimum Gasteiger partial charge on any atom is -0.456 e. The molecule has 1 saturated carbocycles. The zero-order valence-electron chi connectivity index (χ0n) is 12.1. The Hall–Kier alpha value is -1.84. The fourth-order valence-corrected chi connectivity index (χ4v) is 3.04. The molecule has 1 fully saturated rings. The van der Waals surface area contributed by atoms with Gasteiger partial charge in [-0.2, -0.15) is 0 Å². The van der Waals surface area contributed by atoms with Crippen molar-refractivity contribution in [1.29, 1.82) is 0 Å². The number of hydrogen-bond acceptors (Lipinski definition) is 3. The first-order chi connectivity index (χ1) is 9.33. The molecule has 4 heteroatoms. The quantitative estimate of drug-likeness (QED) is 0.800. The Balaban J connectivity index is 2.05. The summed E-state index contributed by atoms with van der Waals surface area (Å²) in [6, 6.07) is 5.40. The third-order valence-electron chi connectivity index (χ3n) is 4.05. The molecule has 0 aromatic heterocycles. The lowest BCUT2D eigenvalue weighted by Crippen LogP contribution is -2.42. The Labute approximate surface area is 118 Å². The summed E-state index contributed by atoms with van der Waals surface area (Å²) in [4.78, 5) is 24.6. The molecular weight excluding hydrogens is 254 g/mol. The summed E-state index contributed by atoms with van der Waals surface area (Å²) >= 11 is 0. The Bertz CT molecular complexity index is 594. The minimum atomic E-state index is -0.539. The van der Waals surface area contributed by atoms with Crippen molar-refractivity contribution in [2.24, 2.45) is 0 Å². The Morgan fingerprint density at radius 2 is 2.00 bits per heavy atom. The molecule has 0 radical (unpaired) electrons. The van der Waals surface area contributed by atoms with E-state index in [0.29, 0.717) is 5.56 Å². The smallest absolute Gasteiger partial charge is 0.339 e. The molecule has 20 heavy (non-hydrogen) atoms. The van der Waals surface area contributed by atoms with Gasteiger partial charge >= 0.3 is 5.97 Å². The van der Waals surface area contributed by atoms with Crippen molar-refractivity contribution < 1.29 is 14.3 Å². The summed E-state index contributed by atoms with van der Waals surface area (Å²) in [5.74, 6) is -0.327. The highest BCUT2D eigenvalue weighted by Gasteiger charge is 2.53. The van der Waals surface area contributed by atoms with E-state index in [1.54, 1.807) is 12.1 Å². The second-order valence-electron chi connectivity index (χ2n) is 6.62. The van der Waals surface area contributed by atoms with Crippen LogP contribution in [0.2, 0.25) is 0 Å². The van der Waals surface area contributed by atoms with Crippen LogP contribution in [0.5, 0.6) is 0 Å². The predicted octanol–water partition coefficient (Wildman–Crippen LogP) is 3.02. The van der Waals surface area contributed by atoms with Gasteiger partial charge in [-0.3, -0.25) is 4.79 Å². The number of benzene rings is 1. The molecule has 1 N–H and O–H groups in total. The molecule has 2 aliphatic rings.